The smallest absolute Gasteiger partial charge is 0.243 e. The average Bonchev–Trinajstić information content (AvgIpc) is 2.64. The molecule has 0 saturated carbocycles. The van der Waals surface area contributed by atoms with E-state index >= 15 is 0 Å². The van der Waals surface area contributed by atoms with Crippen molar-refractivity contribution in [2.45, 2.75) is 40.2 Å². The molecule has 0 aromatic heterocycles. The van der Waals surface area contributed by atoms with Crippen molar-refractivity contribution in [2.24, 2.45) is 0 Å². The summed E-state index contributed by atoms with van der Waals surface area (Å²) in [6.45, 7) is 7.24. The van der Waals surface area contributed by atoms with Crippen LogP contribution >= 0.6 is 15.9 Å². The lowest BCUT2D eigenvalue weighted by atomic mass is 10.0. The van der Waals surface area contributed by atoms with Gasteiger partial charge < -0.3 is 15.5 Å². The average molecular weight is 474 g/mol. The van der Waals surface area contributed by atoms with Crippen LogP contribution in [0.2, 0.25) is 0 Å². The molecule has 0 fully saturated rings. The van der Waals surface area contributed by atoms with Crippen molar-refractivity contribution in [3.63, 3.8) is 0 Å². The van der Waals surface area contributed by atoms with Gasteiger partial charge in [0.25, 0.3) is 0 Å². The molecule has 0 heterocycles. The molecule has 3 amide bonds. The summed E-state index contributed by atoms with van der Waals surface area (Å²) in [4.78, 5) is 38.2. The molecular weight excluding hydrogens is 446 g/mol. The van der Waals surface area contributed by atoms with E-state index in [1.807, 2.05) is 57.2 Å². The molecule has 0 aliphatic carbocycles. The summed E-state index contributed by atoms with van der Waals surface area (Å²) in [6, 6.07) is 11.0. The number of rotatable bonds is 7. The molecular formula is C23H28BrN3O3. The summed E-state index contributed by atoms with van der Waals surface area (Å²) in [6.07, 6.45) is 0.0631. The molecule has 0 radical (unpaired) electrons. The molecule has 1 atom stereocenters. The van der Waals surface area contributed by atoms with E-state index in [1.165, 1.54) is 11.8 Å². The Morgan fingerprint density at radius 1 is 1.03 bits per heavy atom. The molecule has 0 aliphatic heterocycles. The third kappa shape index (κ3) is 6.69. The number of benzene rings is 2. The van der Waals surface area contributed by atoms with Gasteiger partial charge in [0.15, 0.2) is 0 Å². The summed E-state index contributed by atoms with van der Waals surface area (Å²) in [7, 11) is 1.59. The van der Waals surface area contributed by atoms with Crippen molar-refractivity contribution >= 4 is 39.3 Å². The predicted octanol–water partition coefficient (Wildman–Crippen LogP) is 4.04. The van der Waals surface area contributed by atoms with E-state index in [9.17, 15) is 14.4 Å². The molecule has 6 nitrogen and oxygen atoms in total. The van der Waals surface area contributed by atoms with E-state index in [-0.39, 0.29) is 30.7 Å². The van der Waals surface area contributed by atoms with Crippen LogP contribution in [0.4, 0.5) is 5.69 Å². The normalized spacial score (nSPS) is 11.5. The number of nitrogens with one attached hydrogen (secondary N) is 2. The van der Waals surface area contributed by atoms with Crippen molar-refractivity contribution in [3.8, 4) is 0 Å². The lowest BCUT2D eigenvalue weighted by Gasteiger charge is -2.23. The minimum atomic E-state index is -0.463. The Morgan fingerprint density at radius 3 is 2.13 bits per heavy atom. The Hall–Kier alpha value is -2.67. The second-order valence-corrected chi connectivity index (χ2v) is 8.50. The van der Waals surface area contributed by atoms with E-state index in [4.69, 9.17) is 0 Å². The standard InChI is InChI=1S/C23H28BrN3O3/c1-14-10-15(2)23(16(3)11-14)26-21(29)13-27(5)22(30)12-20(25-17(4)28)18-6-8-19(24)9-7-18/h6-11,20H,12-13H2,1-5H3,(H,25,28)(H,26,29). The molecule has 0 bridgehead atoms. The maximum atomic E-state index is 12.7. The van der Waals surface area contributed by atoms with Crippen LogP contribution in [0.1, 0.15) is 41.6 Å². The van der Waals surface area contributed by atoms with Crippen LogP contribution in [0.3, 0.4) is 0 Å². The van der Waals surface area contributed by atoms with Crippen molar-refractivity contribution in [3.05, 3.63) is 63.1 Å². The van der Waals surface area contributed by atoms with Crippen molar-refractivity contribution in [1.29, 1.82) is 0 Å². The molecule has 0 spiro atoms. The van der Waals surface area contributed by atoms with Crippen LogP contribution in [-0.4, -0.2) is 36.2 Å². The van der Waals surface area contributed by atoms with Gasteiger partial charge in [-0.3, -0.25) is 14.4 Å². The summed E-state index contributed by atoms with van der Waals surface area (Å²) in [5, 5.41) is 5.72. The third-order valence-electron chi connectivity index (χ3n) is 4.78. The first-order chi connectivity index (χ1) is 14.1. The number of carbonyl (C=O) groups is 3. The van der Waals surface area contributed by atoms with Gasteiger partial charge in [-0.25, -0.2) is 0 Å². The Labute approximate surface area is 186 Å². The van der Waals surface area contributed by atoms with Gasteiger partial charge in [0.2, 0.25) is 17.7 Å². The maximum absolute atomic E-state index is 12.7. The highest BCUT2D eigenvalue weighted by atomic mass is 79.9. The van der Waals surface area contributed by atoms with Gasteiger partial charge in [-0.15, -0.1) is 0 Å². The number of halogens is 1. The second-order valence-electron chi connectivity index (χ2n) is 7.58. The van der Waals surface area contributed by atoms with Gasteiger partial charge in [0, 0.05) is 24.1 Å². The van der Waals surface area contributed by atoms with E-state index < -0.39 is 6.04 Å². The van der Waals surface area contributed by atoms with Crippen LogP contribution in [0.25, 0.3) is 0 Å². The second kappa shape index (κ2) is 10.4. The first-order valence-corrected chi connectivity index (χ1v) is 10.5. The van der Waals surface area contributed by atoms with Gasteiger partial charge in [-0.05, 0) is 49.6 Å². The zero-order chi connectivity index (χ0) is 22.4. The van der Waals surface area contributed by atoms with Crippen molar-refractivity contribution in [1.82, 2.24) is 10.2 Å². The Morgan fingerprint density at radius 2 is 1.60 bits per heavy atom. The quantitative estimate of drug-likeness (QED) is 0.636. The molecule has 2 aromatic rings. The summed E-state index contributed by atoms with van der Waals surface area (Å²) >= 11 is 3.38. The molecule has 0 saturated heterocycles. The Bertz CT molecular complexity index is 918. The largest absolute Gasteiger partial charge is 0.349 e. The monoisotopic (exact) mass is 473 g/mol. The molecule has 2 aromatic carbocycles. The van der Waals surface area contributed by atoms with Crippen molar-refractivity contribution < 1.29 is 14.4 Å². The van der Waals surface area contributed by atoms with E-state index in [2.05, 4.69) is 26.6 Å². The summed E-state index contributed by atoms with van der Waals surface area (Å²) in [5.74, 6) is -0.716. The maximum Gasteiger partial charge on any atom is 0.243 e. The highest BCUT2D eigenvalue weighted by Crippen LogP contribution is 2.23. The fourth-order valence-electron chi connectivity index (χ4n) is 3.38. The zero-order valence-electron chi connectivity index (χ0n) is 18.0. The van der Waals surface area contributed by atoms with Crippen LogP contribution < -0.4 is 10.6 Å². The highest BCUT2D eigenvalue weighted by Gasteiger charge is 2.21. The fourth-order valence-corrected chi connectivity index (χ4v) is 3.65. The lowest BCUT2D eigenvalue weighted by molar-refractivity contribution is -0.134. The number of hydrogen-bond acceptors (Lipinski definition) is 3. The SMILES string of the molecule is CC(=O)NC(CC(=O)N(C)CC(=O)Nc1c(C)cc(C)cc1C)c1ccc(Br)cc1. The topological polar surface area (TPSA) is 78.5 Å². The van der Waals surface area contributed by atoms with Crippen LogP contribution in [0, 0.1) is 20.8 Å². The molecule has 2 rings (SSSR count). The van der Waals surface area contributed by atoms with Gasteiger partial charge in [-0.1, -0.05) is 45.8 Å². The number of carbonyl (C=O) groups excluding carboxylic acids is 3. The molecule has 30 heavy (non-hydrogen) atoms. The van der Waals surface area contributed by atoms with Crippen LogP contribution in [0.15, 0.2) is 40.9 Å². The third-order valence-corrected chi connectivity index (χ3v) is 5.31. The van der Waals surface area contributed by atoms with Crippen LogP contribution in [0.5, 0.6) is 0 Å². The molecule has 0 aliphatic rings. The number of hydrogen-bond donors (Lipinski definition) is 2. The fraction of sp³-hybridized carbons (Fsp3) is 0.348. The van der Waals surface area contributed by atoms with Gasteiger partial charge in [-0.2, -0.15) is 0 Å². The zero-order valence-corrected chi connectivity index (χ0v) is 19.6. The van der Waals surface area contributed by atoms with Crippen LogP contribution in [-0.2, 0) is 14.4 Å². The molecule has 1 unspecified atom stereocenters. The minimum absolute atomic E-state index is 0.0631. The number of aryl methyl sites for hydroxylation is 3. The molecule has 7 heteroatoms. The van der Waals surface area contributed by atoms with E-state index in [0.717, 1.165) is 32.4 Å². The highest BCUT2D eigenvalue weighted by molar-refractivity contribution is 9.10. The molecule has 160 valence electrons. The predicted molar refractivity (Wildman–Crippen MR) is 122 cm³/mol. The van der Waals surface area contributed by atoms with Gasteiger partial charge in [0.1, 0.15) is 0 Å². The number of likely N-dealkylation sites (N-methyl/N-ethyl adjacent to an activating group) is 1. The van der Waals surface area contributed by atoms with E-state index in [1.54, 1.807) is 7.05 Å². The Kier molecular flexibility index (Phi) is 8.17. The van der Waals surface area contributed by atoms with E-state index in [0.29, 0.717) is 0 Å². The Balaban J connectivity index is 2.03. The minimum Gasteiger partial charge on any atom is -0.349 e. The van der Waals surface area contributed by atoms with Crippen molar-refractivity contribution in [2.75, 3.05) is 18.9 Å². The first kappa shape index (κ1) is 23.6. The summed E-state index contributed by atoms with van der Waals surface area (Å²) < 4.78 is 0.912. The lowest BCUT2D eigenvalue weighted by Crippen LogP contribution is -2.38. The summed E-state index contributed by atoms with van der Waals surface area (Å²) in [5.41, 5.74) is 4.70. The first-order valence-electron chi connectivity index (χ1n) is 9.71. The van der Waals surface area contributed by atoms with Gasteiger partial charge in [0.05, 0.1) is 19.0 Å². The number of amides is 3. The molecule has 2 N–H and O–H groups in total. The number of anilines is 1. The number of nitrogens with zero attached hydrogens (tertiary/aromatic N) is 1. The van der Waals surface area contributed by atoms with Gasteiger partial charge >= 0.3 is 0 Å².